The van der Waals surface area contributed by atoms with Crippen LogP contribution in [0.1, 0.15) is 39.5 Å². The summed E-state index contributed by atoms with van der Waals surface area (Å²) in [6, 6.07) is -0.354. The van der Waals surface area contributed by atoms with E-state index in [1.165, 1.54) is 0 Å². The van der Waals surface area contributed by atoms with E-state index >= 15 is 0 Å². The predicted octanol–water partition coefficient (Wildman–Crippen LogP) is 1.05. The van der Waals surface area contributed by atoms with E-state index in [1.807, 2.05) is 6.92 Å². The lowest BCUT2D eigenvalue weighted by molar-refractivity contribution is -0.122. The number of carbonyl (C=O) groups excluding carboxylic acids is 1. The Morgan fingerprint density at radius 1 is 1.56 bits per heavy atom. The van der Waals surface area contributed by atoms with Crippen LogP contribution >= 0.6 is 0 Å². The maximum absolute atomic E-state index is 11.6. The highest BCUT2D eigenvalue weighted by molar-refractivity contribution is 5.81. The second kappa shape index (κ2) is 6.86. The van der Waals surface area contributed by atoms with E-state index in [-0.39, 0.29) is 11.9 Å². The maximum atomic E-state index is 11.6. The van der Waals surface area contributed by atoms with Gasteiger partial charge in [0.1, 0.15) is 0 Å². The molecule has 0 aromatic rings. The molecular formula is C12H24N2O2. The van der Waals surface area contributed by atoms with Crippen molar-refractivity contribution in [2.45, 2.75) is 51.7 Å². The van der Waals surface area contributed by atoms with Crippen LogP contribution in [0, 0.1) is 5.92 Å². The van der Waals surface area contributed by atoms with Crippen molar-refractivity contribution in [2.24, 2.45) is 11.7 Å². The van der Waals surface area contributed by atoms with Crippen molar-refractivity contribution in [3.8, 4) is 0 Å². The number of amides is 1. The first-order valence-corrected chi connectivity index (χ1v) is 6.33. The third-order valence-electron chi connectivity index (χ3n) is 3.22. The number of ether oxygens (including phenoxy) is 1. The molecular weight excluding hydrogens is 204 g/mol. The average molecular weight is 228 g/mol. The van der Waals surface area contributed by atoms with E-state index in [9.17, 15) is 4.79 Å². The van der Waals surface area contributed by atoms with E-state index in [4.69, 9.17) is 10.5 Å². The van der Waals surface area contributed by atoms with E-state index in [0.29, 0.717) is 18.6 Å². The lowest BCUT2D eigenvalue weighted by atomic mass is 9.99. The normalized spacial score (nSPS) is 26.7. The molecule has 0 aliphatic carbocycles. The monoisotopic (exact) mass is 228 g/mol. The molecule has 4 nitrogen and oxygen atoms in total. The summed E-state index contributed by atoms with van der Waals surface area (Å²) < 4.78 is 5.57. The van der Waals surface area contributed by atoms with Gasteiger partial charge in [-0.15, -0.1) is 0 Å². The topological polar surface area (TPSA) is 64.4 Å². The zero-order valence-corrected chi connectivity index (χ0v) is 10.4. The number of nitrogens with one attached hydrogen (secondary N) is 1. The van der Waals surface area contributed by atoms with E-state index in [0.717, 1.165) is 32.3 Å². The van der Waals surface area contributed by atoms with E-state index in [2.05, 4.69) is 12.2 Å². The van der Waals surface area contributed by atoms with Gasteiger partial charge in [-0.05, 0) is 19.3 Å². The molecule has 0 spiro atoms. The number of rotatable bonds is 6. The minimum Gasteiger partial charge on any atom is -0.378 e. The molecule has 1 rings (SSSR count). The molecule has 16 heavy (non-hydrogen) atoms. The Morgan fingerprint density at radius 2 is 2.31 bits per heavy atom. The van der Waals surface area contributed by atoms with Gasteiger partial charge in [-0.1, -0.05) is 20.3 Å². The van der Waals surface area contributed by atoms with E-state index < -0.39 is 0 Å². The van der Waals surface area contributed by atoms with Gasteiger partial charge >= 0.3 is 0 Å². The molecule has 1 aliphatic rings. The molecule has 0 aromatic carbocycles. The fourth-order valence-corrected chi connectivity index (χ4v) is 2.18. The van der Waals surface area contributed by atoms with Gasteiger partial charge in [0.15, 0.2) is 0 Å². The van der Waals surface area contributed by atoms with Crippen molar-refractivity contribution in [3.63, 3.8) is 0 Å². The summed E-state index contributed by atoms with van der Waals surface area (Å²) in [5.74, 6) is 0.436. The Morgan fingerprint density at radius 3 is 2.94 bits per heavy atom. The minimum absolute atomic E-state index is 0.0244. The first kappa shape index (κ1) is 13.5. The molecule has 3 atom stereocenters. The highest BCUT2D eigenvalue weighted by atomic mass is 16.5. The number of hydrogen-bond donors (Lipinski definition) is 2. The van der Waals surface area contributed by atoms with Gasteiger partial charge in [-0.25, -0.2) is 0 Å². The molecule has 0 aromatic heterocycles. The van der Waals surface area contributed by atoms with Crippen LogP contribution in [0.3, 0.4) is 0 Å². The van der Waals surface area contributed by atoms with Crippen LogP contribution in [-0.2, 0) is 9.53 Å². The van der Waals surface area contributed by atoms with Crippen molar-refractivity contribution < 1.29 is 9.53 Å². The van der Waals surface area contributed by atoms with Crippen molar-refractivity contribution >= 4 is 5.91 Å². The predicted molar refractivity (Wildman–Crippen MR) is 64.0 cm³/mol. The van der Waals surface area contributed by atoms with Crippen molar-refractivity contribution in [1.29, 1.82) is 0 Å². The van der Waals surface area contributed by atoms with Crippen molar-refractivity contribution in [3.05, 3.63) is 0 Å². The summed E-state index contributed by atoms with van der Waals surface area (Å²) >= 11 is 0. The summed E-state index contributed by atoms with van der Waals surface area (Å²) in [5, 5.41) is 2.93. The Bertz CT molecular complexity index is 221. The number of carbonyl (C=O) groups is 1. The van der Waals surface area contributed by atoms with Crippen LogP contribution in [0.15, 0.2) is 0 Å². The summed E-state index contributed by atoms with van der Waals surface area (Å²) in [4.78, 5) is 11.6. The molecule has 3 N–H and O–H groups in total. The molecule has 1 amide bonds. The van der Waals surface area contributed by atoms with Gasteiger partial charge in [0.2, 0.25) is 5.91 Å². The van der Waals surface area contributed by atoms with Gasteiger partial charge in [0, 0.05) is 19.1 Å². The molecule has 0 bridgehead atoms. The second-order valence-electron chi connectivity index (χ2n) is 4.51. The summed E-state index contributed by atoms with van der Waals surface area (Å²) in [5.41, 5.74) is 5.74. The molecule has 1 heterocycles. The average Bonchev–Trinajstić information content (AvgIpc) is 2.73. The first-order valence-electron chi connectivity index (χ1n) is 6.33. The van der Waals surface area contributed by atoms with Crippen LogP contribution in [0.25, 0.3) is 0 Å². The Kier molecular flexibility index (Phi) is 5.77. The molecule has 0 saturated carbocycles. The zero-order chi connectivity index (χ0) is 12.0. The van der Waals surface area contributed by atoms with Crippen molar-refractivity contribution in [1.82, 2.24) is 5.32 Å². The molecule has 0 radical (unpaired) electrons. The fourth-order valence-electron chi connectivity index (χ4n) is 2.18. The van der Waals surface area contributed by atoms with Gasteiger partial charge in [-0.2, -0.15) is 0 Å². The summed E-state index contributed by atoms with van der Waals surface area (Å²) in [6.07, 6.45) is 4.06. The molecule has 1 aliphatic heterocycles. The van der Waals surface area contributed by atoms with Crippen LogP contribution in [-0.4, -0.2) is 31.2 Å². The largest absolute Gasteiger partial charge is 0.378 e. The third kappa shape index (κ3) is 3.76. The standard InChI is InChI=1S/C12H24N2O2/c1-3-5-10(13)12(15)14-8-9-6-7-16-11(9)4-2/h9-11H,3-8,13H2,1-2H3,(H,14,15)/t9?,10-,11?/m0/s1. The van der Waals surface area contributed by atoms with Gasteiger partial charge in [0.25, 0.3) is 0 Å². The second-order valence-corrected chi connectivity index (χ2v) is 4.51. The Balaban J connectivity index is 2.25. The van der Waals surface area contributed by atoms with E-state index in [1.54, 1.807) is 0 Å². The minimum atomic E-state index is -0.354. The van der Waals surface area contributed by atoms with Crippen molar-refractivity contribution in [2.75, 3.05) is 13.2 Å². The molecule has 1 fully saturated rings. The molecule has 94 valence electrons. The first-order chi connectivity index (χ1) is 7.69. The highest BCUT2D eigenvalue weighted by Crippen LogP contribution is 2.22. The van der Waals surface area contributed by atoms with Crippen LogP contribution in [0.4, 0.5) is 0 Å². The quantitative estimate of drug-likeness (QED) is 0.714. The molecule has 4 heteroatoms. The lowest BCUT2D eigenvalue weighted by Crippen LogP contribution is -2.43. The van der Waals surface area contributed by atoms with Crippen LogP contribution in [0.5, 0.6) is 0 Å². The summed E-state index contributed by atoms with van der Waals surface area (Å²) in [6.45, 7) is 5.67. The fraction of sp³-hybridized carbons (Fsp3) is 0.917. The Labute approximate surface area is 97.9 Å². The lowest BCUT2D eigenvalue weighted by Gasteiger charge is -2.18. The SMILES string of the molecule is CCC[C@H](N)C(=O)NCC1CCOC1CC. The number of hydrogen-bond acceptors (Lipinski definition) is 3. The molecule has 1 saturated heterocycles. The summed E-state index contributed by atoms with van der Waals surface area (Å²) in [7, 11) is 0. The van der Waals surface area contributed by atoms with Gasteiger partial charge < -0.3 is 15.8 Å². The van der Waals surface area contributed by atoms with Gasteiger partial charge in [-0.3, -0.25) is 4.79 Å². The Hall–Kier alpha value is -0.610. The third-order valence-corrected chi connectivity index (χ3v) is 3.22. The molecule has 2 unspecified atom stereocenters. The number of nitrogens with two attached hydrogens (primary N) is 1. The van der Waals surface area contributed by atoms with Crippen LogP contribution in [0.2, 0.25) is 0 Å². The van der Waals surface area contributed by atoms with Gasteiger partial charge in [0.05, 0.1) is 12.1 Å². The smallest absolute Gasteiger partial charge is 0.236 e. The zero-order valence-electron chi connectivity index (χ0n) is 10.4. The van der Waals surface area contributed by atoms with Crippen LogP contribution < -0.4 is 11.1 Å². The maximum Gasteiger partial charge on any atom is 0.236 e. The highest BCUT2D eigenvalue weighted by Gasteiger charge is 2.27.